The molecule has 0 saturated carbocycles. The number of nitrogens with one attached hydrogen (secondary N) is 1. The van der Waals surface area contributed by atoms with E-state index < -0.39 is 59.2 Å². The summed E-state index contributed by atoms with van der Waals surface area (Å²) in [6.45, 7) is -0.0114. The summed E-state index contributed by atoms with van der Waals surface area (Å²) < 4.78 is 36.8. The van der Waals surface area contributed by atoms with Crippen molar-refractivity contribution in [1.82, 2.24) is 19.5 Å². The van der Waals surface area contributed by atoms with Crippen LogP contribution in [0.5, 0.6) is 0 Å². The number of primary amides is 1. The summed E-state index contributed by atoms with van der Waals surface area (Å²) in [4.78, 5) is 59.0. The number of nitrogens with zero attached hydrogens (tertiary/aromatic N) is 4. The molecule has 16 nitrogen and oxygen atoms in total. The molecule has 0 radical (unpaired) electrons. The van der Waals surface area contributed by atoms with E-state index in [2.05, 4.69) is 20.2 Å². The molecule has 2 fully saturated rings. The van der Waals surface area contributed by atoms with Crippen molar-refractivity contribution >= 4 is 56.3 Å². The van der Waals surface area contributed by atoms with E-state index >= 15 is 0 Å². The third-order valence-electron chi connectivity index (χ3n) is 5.13. The predicted octanol–water partition coefficient (Wildman–Crippen LogP) is -1.95. The maximum atomic E-state index is 12.9. The van der Waals surface area contributed by atoms with Gasteiger partial charge >= 0.3 is 16.4 Å². The number of oxime groups is 1. The third kappa shape index (κ3) is 6.34. The summed E-state index contributed by atoms with van der Waals surface area (Å²) in [5, 5.41) is 7.40. The van der Waals surface area contributed by atoms with E-state index in [1.165, 1.54) is 5.38 Å². The first-order valence-corrected chi connectivity index (χ1v) is 12.5. The number of likely N-dealkylation sites (tertiary alicyclic amines) is 1. The second-order valence-corrected chi connectivity index (χ2v) is 9.66. The largest absolute Gasteiger partial charge is 0.447 e. The van der Waals surface area contributed by atoms with Crippen LogP contribution in [0.4, 0.5) is 9.93 Å². The van der Waals surface area contributed by atoms with Gasteiger partial charge in [-0.1, -0.05) is 5.16 Å². The van der Waals surface area contributed by atoms with Crippen LogP contribution >= 0.6 is 11.3 Å². The van der Waals surface area contributed by atoms with Crippen molar-refractivity contribution in [1.29, 1.82) is 0 Å². The number of nitrogen functional groups attached to an aromatic ring is 1. The number of anilines is 1. The van der Waals surface area contributed by atoms with Gasteiger partial charge in [0, 0.05) is 18.5 Å². The van der Waals surface area contributed by atoms with Crippen molar-refractivity contribution in [2.24, 2.45) is 10.9 Å². The summed E-state index contributed by atoms with van der Waals surface area (Å²) >= 11 is 0.984. The highest BCUT2D eigenvalue weighted by Crippen LogP contribution is 2.24. The van der Waals surface area contributed by atoms with Gasteiger partial charge in [-0.3, -0.25) is 18.9 Å². The number of hydrogen-bond donors (Lipinski definition) is 4. The normalized spacial score (nSPS) is 20.7. The predicted molar refractivity (Wildman–Crippen MR) is 119 cm³/mol. The van der Waals surface area contributed by atoms with Crippen molar-refractivity contribution in [3.05, 3.63) is 11.1 Å². The molecule has 6 N–H and O–H groups in total. The fraction of sp³-hybridized carbons (Fsp3) is 0.529. The van der Waals surface area contributed by atoms with Gasteiger partial charge in [0.2, 0.25) is 0 Å². The number of nitrogens with two attached hydrogens (primary N) is 2. The molecule has 0 spiro atoms. The van der Waals surface area contributed by atoms with E-state index in [4.69, 9.17) is 16.3 Å². The molecule has 18 heteroatoms. The van der Waals surface area contributed by atoms with Crippen molar-refractivity contribution < 1.29 is 41.7 Å². The lowest BCUT2D eigenvalue weighted by atomic mass is 9.99. The van der Waals surface area contributed by atoms with Crippen LogP contribution in [0.3, 0.4) is 0 Å². The van der Waals surface area contributed by atoms with Crippen LogP contribution < -0.4 is 16.8 Å². The maximum Gasteiger partial charge on any atom is 0.404 e. The van der Waals surface area contributed by atoms with Crippen LogP contribution in [0.1, 0.15) is 25.0 Å². The molecule has 3 rings (SSSR count). The fourth-order valence-corrected chi connectivity index (χ4v) is 4.90. The summed E-state index contributed by atoms with van der Waals surface area (Å²) in [5.74, 6) is -2.55. The number of β-lactam (4-membered cyclic amide) rings is 1. The third-order valence-corrected chi connectivity index (χ3v) is 6.75. The standard InChI is InChI=1S/C17H23N7O9S2/c18-16-20-9(8-34-16)12(22-33-7-11(25)23-4-2-1-3-5-23)14(26)21-13-10(6-32-17(19)28)24(15(13)27)35(29,30)31/h8,10,13H,1-7H2,(H2,18,20)(H2,19,28)(H,21,26)(H,29,30,31)/b22-12-/t10-,13+/m1/s1. The zero-order valence-corrected chi connectivity index (χ0v) is 19.8. The Bertz CT molecular complexity index is 1130. The van der Waals surface area contributed by atoms with Gasteiger partial charge in [-0.05, 0) is 19.3 Å². The Balaban J connectivity index is 1.74. The van der Waals surface area contributed by atoms with Crippen molar-refractivity contribution in [2.75, 3.05) is 32.0 Å². The first kappa shape index (κ1) is 26.1. The van der Waals surface area contributed by atoms with E-state index in [0.717, 1.165) is 30.6 Å². The summed E-state index contributed by atoms with van der Waals surface area (Å²) in [6.07, 6.45) is 1.50. The Morgan fingerprint density at radius 3 is 2.54 bits per heavy atom. The highest BCUT2D eigenvalue weighted by Gasteiger charge is 2.54. The lowest BCUT2D eigenvalue weighted by Crippen LogP contribution is -2.73. The average molecular weight is 534 g/mol. The summed E-state index contributed by atoms with van der Waals surface area (Å²) in [5.41, 5.74) is 10.0. The van der Waals surface area contributed by atoms with Crippen LogP contribution in [0.2, 0.25) is 0 Å². The van der Waals surface area contributed by atoms with E-state index in [1.54, 1.807) is 4.90 Å². The molecule has 0 unspecified atom stereocenters. The lowest BCUT2D eigenvalue weighted by Gasteiger charge is -2.43. The maximum absolute atomic E-state index is 12.9. The molecule has 0 aromatic carbocycles. The lowest BCUT2D eigenvalue weighted by molar-refractivity contribution is -0.146. The van der Waals surface area contributed by atoms with E-state index in [9.17, 15) is 32.1 Å². The Morgan fingerprint density at radius 1 is 1.29 bits per heavy atom. The van der Waals surface area contributed by atoms with Crippen LogP contribution in [0.25, 0.3) is 0 Å². The molecular formula is C17H23N7O9S2. The average Bonchev–Trinajstić information content (AvgIpc) is 3.22. The number of carbonyl (C=O) groups excluding carboxylic acids is 4. The van der Waals surface area contributed by atoms with Gasteiger partial charge in [-0.25, -0.2) is 14.1 Å². The molecule has 1 aromatic heterocycles. The number of rotatable bonds is 9. The van der Waals surface area contributed by atoms with E-state index in [-0.39, 0.29) is 21.0 Å². The Labute approximate surface area is 203 Å². The van der Waals surface area contributed by atoms with E-state index in [0.29, 0.717) is 13.1 Å². The Hall–Kier alpha value is -3.51. The van der Waals surface area contributed by atoms with Gasteiger partial charge < -0.3 is 31.3 Å². The van der Waals surface area contributed by atoms with Crippen LogP contribution in [0, 0.1) is 0 Å². The fourth-order valence-electron chi connectivity index (χ4n) is 3.49. The van der Waals surface area contributed by atoms with Crippen LogP contribution in [-0.4, -0.2) is 95.1 Å². The number of thiazole rings is 1. The number of ether oxygens (including phenoxy) is 1. The quantitative estimate of drug-likeness (QED) is 0.118. The highest BCUT2D eigenvalue weighted by molar-refractivity contribution is 7.84. The van der Waals surface area contributed by atoms with Gasteiger partial charge in [0.05, 0.1) is 0 Å². The Kier molecular flexibility index (Phi) is 8.07. The zero-order chi connectivity index (χ0) is 25.8. The van der Waals surface area contributed by atoms with Crippen molar-refractivity contribution in [2.45, 2.75) is 31.3 Å². The molecule has 2 aliphatic rings. The van der Waals surface area contributed by atoms with Gasteiger partial charge in [-0.2, -0.15) is 8.42 Å². The molecule has 192 valence electrons. The number of aromatic nitrogens is 1. The summed E-state index contributed by atoms with van der Waals surface area (Å²) in [7, 11) is -5.01. The molecule has 0 aliphatic carbocycles. The zero-order valence-electron chi connectivity index (χ0n) is 18.2. The monoisotopic (exact) mass is 533 g/mol. The second-order valence-electron chi connectivity index (χ2n) is 7.49. The summed E-state index contributed by atoms with van der Waals surface area (Å²) in [6, 6.07) is -3.00. The molecule has 4 amide bonds. The molecule has 2 atom stereocenters. The van der Waals surface area contributed by atoms with Crippen molar-refractivity contribution in [3.63, 3.8) is 0 Å². The van der Waals surface area contributed by atoms with Crippen LogP contribution in [0.15, 0.2) is 10.5 Å². The van der Waals surface area contributed by atoms with Crippen molar-refractivity contribution in [3.8, 4) is 0 Å². The minimum Gasteiger partial charge on any atom is -0.447 e. The highest BCUT2D eigenvalue weighted by atomic mass is 32.2. The molecule has 35 heavy (non-hydrogen) atoms. The van der Waals surface area contributed by atoms with Gasteiger partial charge in [0.1, 0.15) is 24.4 Å². The number of carbonyl (C=O) groups is 4. The molecule has 2 aliphatic heterocycles. The Morgan fingerprint density at radius 2 is 1.97 bits per heavy atom. The first-order chi connectivity index (χ1) is 16.5. The van der Waals surface area contributed by atoms with Crippen LogP contribution in [-0.2, 0) is 34.3 Å². The molecule has 3 heterocycles. The molecule has 0 bridgehead atoms. The minimum absolute atomic E-state index is 0.0289. The molecule has 1 aromatic rings. The minimum atomic E-state index is -5.01. The van der Waals surface area contributed by atoms with Gasteiger partial charge in [0.15, 0.2) is 17.5 Å². The number of amides is 4. The van der Waals surface area contributed by atoms with Gasteiger partial charge in [-0.15, -0.1) is 11.3 Å². The van der Waals surface area contributed by atoms with E-state index in [1.807, 2.05) is 0 Å². The number of hydrogen-bond acceptors (Lipinski definition) is 12. The first-order valence-electron chi connectivity index (χ1n) is 10.2. The second kappa shape index (κ2) is 10.8. The molecular weight excluding hydrogens is 510 g/mol. The smallest absolute Gasteiger partial charge is 0.404 e. The molecule has 2 saturated heterocycles. The SMILES string of the molecule is NC(=O)OC[C@@H]1[C@H](NC(=O)/C(=N\OCC(=O)N2CCCCC2)c2csc(N)n2)C(=O)N1S(=O)(=O)O. The van der Waals surface area contributed by atoms with Gasteiger partial charge in [0.25, 0.3) is 17.7 Å². The topological polar surface area (TPSA) is 237 Å². The number of piperidine rings is 1.